The maximum atomic E-state index is 13.2. The molecule has 0 saturated carbocycles. The van der Waals surface area contributed by atoms with Crippen LogP contribution in [0, 0.1) is 11.7 Å². The van der Waals surface area contributed by atoms with Crippen LogP contribution in [-0.4, -0.2) is 71.2 Å². The van der Waals surface area contributed by atoms with Gasteiger partial charge in [-0.2, -0.15) is 0 Å². The SMILES string of the molecule is C[C@@H]1CN(CCO)C(=O)Cc2cc(NC(=O)Nc3ccc(F)cc3)ccc2O[C@H]1CN(C)Cc1ccncc1. The lowest BCUT2D eigenvalue weighted by atomic mass is 10.0. The second-order valence-corrected chi connectivity index (χ2v) is 9.83. The summed E-state index contributed by atoms with van der Waals surface area (Å²) in [5, 5.41) is 15.0. The van der Waals surface area contributed by atoms with Crippen molar-refractivity contribution in [3.05, 3.63) is 83.9 Å². The number of nitrogens with zero attached hydrogens (tertiary/aromatic N) is 3. The van der Waals surface area contributed by atoms with E-state index in [1.807, 2.05) is 26.1 Å². The average Bonchev–Trinajstić information content (AvgIpc) is 2.94. The van der Waals surface area contributed by atoms with Crippen molar-refractivity contribution < 1.29 is 23.8 Å². The molecule has 2 atom stereocenters. The number of aliphatic hydroxyl groups is 1. The molecule has 0 aliphatic carbocycles. The second kappa shape index (κ2) is 13.2. The number of hydrogen-bond donors (Lipinski definition) is 3. The molecule has 3 amide bonds. The van der Waals surface area contributed by atoms with E-state index in [0.717, 1.165) is 5.56 Å². The molecule has 0 radical (unpaired) electrons. The number of hydrogen-bond acceptors (Lipinski definition) is 6. The Morgan fingerprint density at radius 3 is 2.54 bits per heavy atom. The van der Waals surface area contributed by atoms with Gasteiger partial charge in [-0.1, -0.05) is 6.92 Å². The molecule has 2 aromatic carbocycles. The lowest BCUT2D eigenvalue weighted by Gasteiger charge is -2.31. The van der Waals surface area contributed by atoms with Gasteiger partial charge in [-0.15, -0.1) is 0 Å². The number of urea groups is 1. The summed E-state index contributed by atoms with van der Waals surface area (Å²) in [6.45, 7) is 3.92. The lowest BCUT2D eigenvalue weighted by molar-refractivity contribution is -0.131. The second-order valence-electron chi connectivity index (χ2n) is 9.83. The summed E-state index contributed by atoms with van der Waals surface area (Å²) >= 11 is 0. The summed E-state index contributed by atoms with van der Waals surface area (Å²) in [5.74, 6) is 0.0487. The van der Waals surface area contributed by atoms with Crippen LogP contribution in [0.2, 0.25) is 0 Å². The van der Waals surface area contributed by atoms with E-state index < -0.39 is 11.8 Å². The zero-order valence-corrected chi connectivity index (χ0v) is 22.1. The predicted molar refractivity (Wildman–Crippen MR) is 147 cm³/mol. The standard InChI is InChI=1S/C29H34FN5O4/c1-20-17-35(13-14-36)28(37)16-22-15-25(33-29(38)32-24-5-3-23(30)4-6-24)7-8-26(22)39-27(20)19-34(2)18-21-9-11-31-12-10-21/h3-12,15,20,27,36H,13-14,16-19H2,1-2H3,(H2,32,33,38)/t20-,27+/m1/s1. The van der Waals surface area contributed by atoms with Gasteiger partial charge < -0.3 is 25.4 Å². The Morgan fingerprint density at radius 2 is 1.82 bits per heavy atom. The van der Waals surface area contributed by atoms with Crippen LogP contribution >= 0.6 is 0 Å². The molecule has 0 fully saturated rings. The summed E-state index contributed by atoms with van der Waals surface area (Å²) in [5.41, 5.74) is 2.70. The Balaban J connectivity index is 1.53. The van der Waals surface area contributed by atoms with Gasteiger partial charge in [0.05, 0.1) is 13.0 Å². The molecule has 2 heterocycles. The minimum atomic E-state index is -0.497. The van der Waals surface area contributed by atoms with Gasteiger partial charge >= 0.3 is 6.03 Å². The zero-order chi connectivity index (χ0) is 27.8. The first-order valence-electron chi connectivity index (χ1n) is 12.9. The van der Waals surface area contributed by atoms with Crippen molar-refractivity contribution in [2.24, 2.45) is 5.92 Å². The molecule has 39 heavy (non-hydrogen) atoms. The van der Waals surface area contributed by atoms with Crippen molar-refractivity contribution in [3.8, 4) is 5.75 Å². The Kier molecular flexibility index (Phi) is 9.45. The first kappa shape index (κ1) is 28.0. The van der Waals surface area contributed by atoms with Crippen molar-refractivity contribution in [1.82, 2.24) is 14.8 Å². The number of rotatable bonds is 8. The molecular weight excluding hydrogens is 501 g/mol. The van der Waals surface area contributed by atoms with Crippen molar-refractivity contribution in [1.29, 1.82) is 0 Å². The Morgan fingerprint density at radius 1 is 1.13 bits per heavy atom. The molecule has 3 N–H and O–H groups in total. The predicted octanol–water partition coefficient (Wildman–Crippen LogP) is 3.76. The fourth-order valence-electron chi connectivity index (χ4n) is 4.58. The normalized spacial score (nSPS) is 17.5. The number of carbonyl (C=O) groups excluding carboxylic acids is 2. The Bertz CT molecular complexity index is 1260. The first-order chi connectivity index (χ1) is 18.8. The third kappa shape index (κ3) is 7.98. The maximum Gasteiger partial charge on any atom is 0.323 e. The van der Waals surface area contributed by atoms with Gasteiger partial charge in [0.25, 0.3) is 0 Å². The molecule has 9 nitrogen and oxygen atoms in total. The van der Waals surface area contributed by atoms with Gasteiger partial charge in [0, 0.05) is 61.4 Å². The van der Waals surface area contributed by atoms with Crippen LogP contribution in [0.3, 0.4) is 0 Å². The van der Waals surface area contributed by atoms with E-state index in [-0.39, 0.29) is 37.5 Å². The highest BCUT2D eigenvalue weighted by atomic mass is 19.1. The molecule has 0 saturated heterocycles. The quantitative estimate of drug-likeness (QED) is 0.406. The number of aromatic nitrogens is 1. The number of ether oxygens (including phenoxy) is 1. The van der Waals surface area contributed by atoms with Crippen LogP contribution in [0.15, 0.2) is 67.0 Å². The molecular formula is C29H34FN5O4. The minimum Gasteiger partial charge on any atom is -0.488 e. The third-order valence-corrected chi connectivity index (χ3v) is 6.60. The molecule has 206 valence electrons. The molecule has 0 spiro atoms. The van der Waals surface area contributed by atoms with Crippen LogP contribution in [0.25, 0.3) is 0 Å². The van der Waals surface area contributed by atoms with E-state index in [1.165, 1.54) is 24.3 Å². The molecule has 0 bridgehead atoms. The number of β-amino-alcohol motifs (C(OH)–C–C–N with tert-alkyl or cyclic N) is 1. The van der Waals surface area contributed by atoms with E-state index in [0.29, 0.717) is 42.3 Å². The molecule has 0 unspecified atom stereocenters. The van der Waals surface area contributed by atoms with Crippen LogP contribution in [0.4, 0.5) is 20.6 Å². The Hall–Kier alpha value is -4.02. The summed E-state index contributed by atoms with van der Waals surface area (Å²) in [6, 6.07) is 14.1. The smallest absolute Gasteiger partial charge is 0.323 e. The van der Waals surface area contributed by atoms with Gasteiger partial charge in [0.1, 0.15) is 17.7 Å². The number of benzene rings is 2. The molecule has 10 heteroatoms. The molecule has 1 aliphatic heterocycles. The minimum absolute atomic E-state index is 0.00868. The number of pyridine rings is 1. The number of nitrogens with one attached hydrogen (secondary N) is 2. The van der Waals surface area contributed by atoms with Crippen LogP contribution in [0.1, 0.15) is 18.1 Å². The van der Waals surface area contributed by atoms with Crippen molar-refractivity contribution in [3.63, 3.8) is 0 Å². The monoisotopic (exact) mass is 535 g/mol. The van der Waals surface area contributed by atoms with E-state index in [1.54, 1.807) is 35.5 Å². The number of anilines is 2. The molecule has 3 aromatic rings. The van der Waals surface area contributed by atoms with E-state index in [4.69, 9.17) is 4.74 Å². The summed E-state index contributed by atoms with van der Waals surface area (Å²) in [6.07, 6.45) is 3.37. The van der Waals surface area contributed by atoms with Crippen molar-refractivity contribution >= 4 is 23.3 Å². The summed E-state index contributed by atoms with van der Waals surface area (Å²) in [7, 11) is 2.02. The van der Waals surface area contributed by atoms with E-state index in [9.17, 15) is 19.1 Å². The lowest BCUT2D eigenvalue weighted by Crippen LogP contribution is -2.44. The maximum absolute atomic E-state index is 13.2. The Labute approximate surface area is 227 Å². The van der Waals surface area contributed by atoms with Crippen molar-refractivity contribution in [2.45, 2.75) is 26.0 Å². The van der Waals surface area contributed by atoms with Crippen molar-refractivity contribution in [2.75, 3.05) is 43.9 Å². The number of likely N-dealkylation sites (N-methyl/N-ethyl adjacent to an activating group) is 1. The number of amides is 3. The molecule has 1 aliphatic rings. The average molecular weight is 536 g/mol. The van der Waals surface area contributed by atoms with Gasteiger partial charge in [-0.3, -0.25) is 14.7 Å². The highest BCUT2D eigenvalue weighted by Crippen LogP contribution is 2.29. The first-order valence-corrected chi connectivity index (χ1v) is 12.9. The number of aliphatic hydroxyl groups excluding tert-OH is 1. The van der Waals surface area contributed by atoms with Crippen LogP contribution in [0.5, 0.6) is 5.75 Å². The number of fused-ring (bicyclic) bond motifs is 1. The highest BCUT2D eigenvalue weighted by Gasteiger charge is 2.29. The van der Waals surface area contributed by atoms with Gasteiger partial charge in [0.2, 0.25) is 5.91 Å². The van der Waals surface area contributed by atoms with E-state index in [2.05, 4.69) is 20.5 Å². The molecule has 4 rings (SSSR count). The third-order valence-electron chi connectivity index (χ3n) is 6.60. The van der Waals surface area contributed by atoms with Gasteiger partial charge in [-0.25, -0.2) is 9.18 Å². The van der Waals surface area contributed by atoms with Crippen LogP contribution < -0.4 is 15.4 Å². The largest absolute Gasteiger partial charge is 0.488 e. The molecule has 1 aromatic heterocycles. The zero-order valence-electron chi connectivity index (χ0n) is 22.1. The fourth-order valence-corrected chi connectivity index (χ4v) is 4.58. The van der Waals surface area contributed by atoms with E-state index >= 15 is 0 Å². The number of halogens is 1. The summed E-state index contributed by atoms with van der Waals surface area (Å²) < 4.78 is 19.7. The van der Waals surface area contributed by atoms with Gasteiger partial charge in [0.15, 0.2) is 0 Å². The summed E-state index contributed by atoms with van der Waals surface area (Å²) in [4.78, 5) is 33.6. The van der Waals surface area contributed by atoms with Crippen LogP contribution in [-0.2, 0) is 17.8 Å². The number of carbonyl (C=O) groups is 2. The van der Waals surface area contributed by atoms with Gasteiger partial charge in [-0.05, 0) is 67.2 Å². The highest BCUT2D eigenvalue weighted by molar-refractivity contribution is 5.99. The topological polar surface area (TPSA) is 107 Å². The fraction of sp³-hybridized carbons (Fsp3) is 0.345.